The molecule has 1 aromatic carbocycles. The maximum Gasteiger partial charge on any atom is 0.317 e. The number of anilines is 1. The minimum absolute atomic E-state index is 0.0191. The van der Waals surface area contributed by atoms with Crippen LogP contribution in [0.25, 0.3) is 0 Å². The van der Waals surface area contributed by atoms with Gasteiger partial charge in [0.1, 0.15) is 5.75 Å². The van der Waals surface area contributed by atoms with Gasteiger partial charge < -0.3 is 24.6 Å². The number of nitrogens with zero attached hydrogens (tertiary/aromatic N) is 3. The van der Waals surface area contributed by atoms with Crippen molar-refractivity contribution in [2.45, 2.75) is 0 Å². The molecule has 2 aliphatic rings. The molecule has 0 spiro atoms. The number of nitrogens with one attached hydrogen (secondary N) is 1. The van der Waals surface area contributed by atoms with Gasteiger partial charge in [-0.05, 0) is 18.2 Å². The Labute approximate surface area is 159 Å². The monoisotopic (exact) mass is 382 g/mol. The average molecular weight is 383 g/mol. The van der Waals surface area contributed by atoms with Gasteiger partial charge in [-0.1, -0.05) is 11.6 Å². The SMILES string of the molecule is COc1ccc(N2CCN(C(=O)NCCN3CCOCC3)CC2)cc1Cl. The Balaban J connectivity index is 1.41. The van der Waals surface area contributed by atoms with Gasteiger partial charge in [0, 0.05) is 58.0 Å². The number of methoxy groups -OCH3 is 1. The summed E-state index contributed by atoms with van der Waals surface area (Å²) >= 11 is 6.21. The highest BCUT2D eigenvalue weighted by Crippen LogP contribution is 2.29. The number of rotatable bonds is 5. The molecular formula is C18H27ClN4O3. The molecule has 0 saturated carbocycles. The molecule has 0 atom stereocenters. The number of hydrogen-bond acceptors (Lipinski definition) is 5. The molecule has 7 nitrogen and oxygen atoms in total. The molecule has 2 saturated heterocycles. The first-order valence-electron chi connectivity index (χ1n) is 9.09. The van der Waals surface area contributed by atoms with Gasteiger partial charge in [0.15, 0.2) is 0 Å². The van der Waals surface area contributed by atoms with Crippen molar-refractivity contribution in [1.29, 1.82) is 0 Å². The number of ether oxygens (including phenoxy) is 2. The largest absolute Gasteiger partial charge is 0.495 e. The Hall–Kier alpha value is -1.70. The van der Waals surface area contributed by atoms with E-state index < -0.39 is 0 Å². The summed E-state index contributed by atoms with van der Waals surface area (Å²) in [5.74, 6) is 0.675. The predicted octanol–water partition coefficient (Wildman–Crippen LogP) is 1.51. The molecule has 3 rings (SSSR count). The van der Waals surface area contributed by atoms with Crippen LogP contribution in [-0.2, 0) is 4.74 Å². The van der Waals surface area contributed by atoms with Crippen molar-refractivity contribution in [3.63, 3.8) is 0 Å². The fraction of sp³-hybridized carbons (Fsp3) is 0.611. The zero-order valence-electron chi connectivity index (χ0n) is 15.2. The molecule has 8 heteroatoms. The van der Waals surface area contributed by atoms with Crippen LogP contribution in [0.2, 0.25) is 5.02 Å². The fourth-order valence-corrected chi connectivity index (χ4v) is 3.53. The van der Waals surface area contributed by atoms with E-state index in [2.05, 4.69) is 15.1 Å². The first-order valence-corrected chi connectivity index (χ1v) is 9.46. The number of amides is 2. The average Bonchev–Trinajstić information content (AvgIpc) is 2.69. The standard InChI is InChI=1S/C18H27ClN4O3/c1-25-17-3-2-15(14-16(17)19)22-6-8-23(9-7-22)18(24)20-4-5-21-10-12-26-13-11-21/h2-3,14H,4-13H2,1H3,(H,20,24). The molecule has 2 amide bonds. The summed E-state index contributed by atoms with van der Waals surface area (Å²) < 4.78 is 10.5. The predicted molar refractivity (Wildman–Crippen MR) is 102 cm³/mol. The second-order valence-electron chi connectivity index (χ2n) is 6.48. The molecule has 1 aromatic rings. The van der Waals surface area contributed by atoms with Gasteiger partial charge >= 0.3 is 6.03 Å². The molecular weight excluding hydrogens is 356 g/mol. The van der Waals surface area contributed by atoms with E-state index in [0.29, 0.717) is 30.4 Å². The first kappa shape index (κ1) is 19.1. The Bertz CT molecular complexity index is 602. The molecule has 0 aliphatic carbocycles. The fourth-order valence-electron chi connectivity index (χ4n) is 3.28. The summed E-state index contributed by atoms with van der Waals surface area (Å²) in [7, 11) is 1.61. The van der Waals surface area contributed by atoms with E-state index in [1.807, 2.05) is 23.1 Å². The van der Waals surface area contributed by atoms with Gasteiger partial charge in [-0.15, -0.1) is 0 Å². The van der Waals surface area contributed by atoms with Crippen LogP contribution in [-0.4, -0.2) is 88.5 Å². The van der Waals surface area contributed by atoms with Crippen molar-refractivity contribution in [2.75, 3.05) is 77.6 Å². The number of morpholine rings is 1. The van der Waals surface area contributed by atoms with Crippen LogP contribution in [0.3, 0.4) is 0 Å². The van der Waals surface area contributed by atoms with Gasteiger partial charge in [-0.25, -0.2) is 4.79 Å². The molecule has 0 aromatic heterocycles. The van der Waals surface area contributed by atoms with Crippen molar-refractivity contribution in [3.05, 3.63) is 23.2 Å². The van der Waals surface area contributed by atoms with Crippen LogP contribution < -0.4 is 15.0 Å². The number of benzene rings is 1. The lowest BCUT2D eigenvalue weighted by Crippen LogP contribution is -2.52. The summed E-state index contributed by atoms with van der Waals surface area (Å²) in [5, 5.41) is 3.63. The highest BCUT2D eigenvalue weighted by molar-refractivity contribution is 6.32. The topological polar surface area (TPSA) is 57.3 Å². The minimum atomic E-state index is 0.0191. The Morgan fingerprint density at radius 1 is 1.19 bits per heavy atom. The first-order chi connectivity index (χ1) is 12.7. The molecule has 2 fully saturated rings. The molecule has 2 aliphatic heterocycles. The maximum atomic E-state index is 12.3. The van der Waals surface area contributed by atoms with Crippen LogP contribution in [0.15, 0.2) is 18.2 Å². The molecule has 26 heavy (non-hydrogen) atoms. The number of hydrogen-bond donors (Lipinski definition) is 1. The summed E-state index contributed by atoms with van der Waals surface area (Å²) in [6.45, 7) is 7.99. The lowest BCUT2D eigenvalue weighted by Gasteiger charge is -2.36. The molecule has 2 heterocycles. The van der Waals surface area contributed by atoms with Gasteiger partial charge in [-0.2, -0.15) is 0 Å². The van der Waals surface area contributed by atoms with E-state index in [9.17, 15) is 4.79 Å². The minimum Gasteiger partial charge on any atom is -0.495 e. The normalized spacial score (nSPS) is 18.7. The van der Waals surface area contributed by atoms with Gasteiger partial charge in [0.05, 0.1) is 25.3 Å². The van der Waals surface area contributed by atoms with E-state index in [4.69, 9.17) is 21.1 Å². The number of carbonyl (C=O) groups excluding carboxylic acids is 1. The van der Waals surface area contributed by atoms with Gasteiger partial charge in [0.2, 0.25) is 0 Å². The van der Waals surface area contributed by atoms with E-state index in [1.165, 1.54) is 0 Å². The maximum absolute atomic E-state index is 12.3. The highest BCUT2D eigenvalue weighted by atomic mass is 35.5. The molecule has 0 unspecified atom stereocenters. The third kappa shape index (κ3) is 4.93. The lowest BCUT2D eigenvalue weighted by molar-refractivity contribution is 0.0386. The zero-order valence-corrected chi connectivity index (χ0v) is 16.0. The number of piperazine rings is 1. The van der Waals surface area contributed by atoms with Crippen molar-refractivity contribution < 1.29 is 14.3 Å². The van der Waals surface area contributed by atoms with Crippen LogP contribution in [0.5, 0.6) is 5.75 Å². The van der Waals surface area contributed by atoms with Crippen molar-refractivity contribution in [2.24, 2.45) is 0 Å². The molecule has 0 radical (unpaired) electrons. The van der Waals surface area contributed by atoms with Gasteiger partial charge in [0.25, 0.3) is 0 Å². The quantitative estimate of drug-likeness (QED) is 0.836. The third-order valence-corrected chi connectivity index (χ3v) is 5.17. The third-order valence-electron chi connectivity index (χ3n) is 4.88. The summed E-state index contributed by atoms with van der Waals surface area (Å²) in [5.41, 5.74) is 1.06. The van der Waals surface area contributed by atoms with E-state index in [-0.39, 0.29) is 6.03 Å². The molecule has 1 N–H and O–H groups in total. The number of carbonyl (C=O) groups is 1. The van der Waals surface area contributed by atoms with Crippen LogP contribution in [0, 0.1) is 0 Å². The number of halogens is 1. The van der Waals surface area contributed by atoms with Crippen molar-refractivity contribution >= 4 is 23.3 Å². The zero-order chi connectivity index (χ0) is 18.4. The van der Waals surface area contributed by atoms with E-state index in [1.54, 1.807) is 7.11 Å². The smallest absolute Gasteiger partial charge is 0.317 e. The highest BCUT2D eigenvalue weighted by Gasteiger charge is 2.21. The summed E-state index contributed by atoms with van der Waals surface area (Å²) in [4.78, 5) is 18.8. The van der Waals surface area contributed by atoms with Crippen LogP contribution in [0.4, 0.5) is 10.5 Å². The lowest BCUT2D eigenvalue weighted by atomic mass is 10.2. The second-order valence-corrected chi connectivity index (χ2v) is 6.89. The Morgan fingerprint density at radius 2 is 1.92 bits per heavy atom. The molecule has 144 valence electrons. The van der Waals surface area contributed by atoms with Crippen LogP contribution >= 0.6 is 11.6 Å². The van der Waals surface area contributed by atoms with Crippen molar-refractivity contribution in [1.82, 2.24) is 15.1 Å². The van der Waals surface area contributed by atoms with E-state index in [0.717, 1.165) is 51.6 Å². The van der Waals surface area contributed by atoms with Crippen LogP contribution in [0.1, 0.15) is 0 Å². The summed E-state index contributed by atoms with van der Waals surface area (Å²) in [6, 6.07) is 5.81. The van der Waals surface area contributed by atoms with Crippen molar-refractivity contribution in [3.8, 4) is 5.75 Å². The molecule has 0 bridgehead atoms. The number of urea groups is 1. The summed E-state index contributed by atoms with van der Waals surface area (Å²) in [6.07, 6.45) is 0. The van der Waals surface area contributed by atoms with E-state index >= 15 is 0 Å². The Morgan fingerprint density at radius 3 is 2.58 bits per heavy atom. The second kappa shape index (κ2) is 9.30. The Kier molecular flexibility index (Phi) is 6.82. The van der Waals surface area contributed by atoms with Gasteiger partial charge in [-0.3, -0.25) is 4.90 Å².